The van der Waals surface area contributed by atoms with Gasteiger partial charge in [-0.25, -0.2) is 0 Å². The van der Waals surface area contributed by atoms with Crippen LogP contribution in [-0.2, 0) is 10.2 Å². The van der Waals surface area contributed by atoms with Crippen LogP contribution in [-0.4, -0.2) is 16.1 Å². The van der Waals surface area contributed by atoms with E-state index >= 15 is 0 Å². The molecule has 0 spiro atoms. The standard InChI is InChI=1S/C14H13NO2/c1-9-2-3-11-10(8-9)4-7-15-12(11)14(5-6-14)13(16)17/h2-4,7-8H,5-6H2,1H3,(H,16,17). The Hall–Kier alpha value is -1.90. The van der Waals surface area contributed by atoms with Crippen LogP contribution in [0.1, 0.15) is 24.1 Å². The van der Waals surface area contributed by atoms with E-state index in [-0.39, 0.29) is 0 Å². The lowest BCUT2D eigenvalue weighted by Gasteiger charge is -2.12. The number of fused-ring (bicyclic) bond motifs is 1. The van der Waals surface area contributed by atoms with Crippen molar-refractivity contribution in [3.05, 3.63) is 41.7 Å². The van der Waals surface area contributed by atoms with Crippen LogP contribution in [0.5, 0.6) is 0 Å². The van der Waals surface area contributed by atoms with Crippen molar-refractivity contribution in [2.45, 2.75) is 25.2 Å². The molecule has 1 aliphatic rings. The number of carboxylic acid groups (broad SMARTS) is 1. The van der Waals surface area contributed by atoms with E-state index in [1.165, 1.54) is 5.56 Å². The van der Waals surface area contributed by atoms with Crippen molar-refractivity contribution in [3.8, 4) is 0 Å². The van der Waals surface area contributed by atoms with E-state index < -0.39 is 11.4 Å². The van der Waals surface area contributed by atoms with Gasteiger partial charge in [0, 0.05) is 11.6 Å². The van der Waals surface area contributed by atoms with Crippen LogP contribution in [0.15, 0.2) is 30.5 Å². The van der Waals surface area contributed by atoms with Gasteiger partial charge in [-0.2, -0.15) is 0 Å². The summed E-state index contributed by atoms with van der Waals surface area (Å²) in [5.74, 6) is -0.752. The molecule has 1 N–H and O–H groups in total. The predicted octanol–water partition coefficient (Wildman–Crippen LogP) is 2.66. The van der Waals surface area contributed by atoms with Gasteiger partial charge in [0.05, 0.1) is 5.69 Å². The van der Waals surface area contributed by atoms with Gasteiger partial charge in [-0.3, -0.25) is 9.78 Å². The Labute approximate surface area is 99.1 Å². The van der Waals surface area contributed by atoms with Crippen molar-refractivity contribution in [2.75, 3.05) is 0 Å². The molecule has 86 valence electrons. The van der Waals surface area contributed by atoms with Gasteiger partial charge in [-0.05, 0) is 31.2 Å². The molecule has 3 rings (SSSR count). The molecular weight excluding hydrogens is 214 g/mol. The maximum Gasteiger partial charge on any atom is 0.315 e. The fraction of sp³-hybridized carbons (Fsp3) is 0.286. The molecule has 0 bridgehead atoms. The molecule has 0 amide bonds. The van der Waals surface area contributed by atoms with E-state index in [0.717, 1.165) is 16.5 Å². The summed E-state index contributed by atoms with van der Waals surface area (Å²) in [5.41, 5.74) is 1.17. The summed E-state index contributed by atoms with van der Waals surface area (Å²) in [5, 5.41) is 11.4. The highest BCUT2D eigenvalue weighted by Crippen LogP contribution is 2.49. The monoisotopic (exact) mass is 227 g/mol. The molecule has 1 heterocycles. The number of aliphatic carboxylic acids is 1. The zero-order valence-corrected chi connectivity index (χ0v) is 9.60. The van der Waals surface area contributed by atoms with Crippen molar-refractivity contribution in [1.82, 2.24) is 4.98 Å². The number of nitrogens with zero attached hydrogens (tertiary/aromatic N) is 1. The summed E-state index contributed by atoms with van der Waals surface area (Å²) in [6.45, 7) is 2.03. The summed E-state index contributed by atoms with van der Waals surface area (Å²) in [6, 6.07) is 7.99. The first kappa shape index (κ1) is 10.3. The van der Waals surface area contributed by atoms with Crippen molar-refractivity contribution in [3.63, 3.8) is 0 Å². The van der Waals surface area contributed by atoms with Gasteiger partial charge in [-0.1, -0.05) is 23.8 Å². The molecule has 0 saturated heterocycles. The summed E-state index contributed by atoms with van der Waals surface area (Å²) < 4.78 is 0. The Morgan fingerprint density at radius 3 is 2.76 bits per heavy atom. The van der Waals surface area contributed by atoms with Crippen LogP contribution in [0.3, 0.4) is 0 Å². The van der Waals surface area contributed by atoms with Crippen LogP contribution in [0.2, 0.25) is 0 Å². The van der Waals surface area contributed by atoms with Crippen LogP contribution in [0.4, 0.5) is 0 Å². The second kappa shape index (κ2) is 3.29. The van der Waals surface area contributed by atoms with E-state index in [0.29, 0.717) is 12.8 Å². The third kappa shape index (κ3) is 1.42. The van der Waals surface area contributed by atoms with Gasteiger partial charge in [0.2, 0.25) is 0 Å². The number of hydrogen-bond acceptors (Lipinski definition) is 2. The lowest BCUT2D eigenvalue weighted by molar-refractivity contribution is -0.140. The average Bonchev–Trinajstić information content (AvgIpc) is 3.09. The highest BCUT2D eigenvalue weighted by Gasteiger charge is 2.53. The van der Waals surface area contributed by atoms with Gasteiger partial charge >= 0.3 is 5.97 Å². The molecule has 1 fully saturated rings. The minimum Gasteiger partial charge on any atom is -0.481 e. The van der Waals surface area contributed by atoms with Crippen LogP contribution >= 0.6 is 0 Å². The predicted molar refractivity (Wildman–Crippen MR) is 65.0 cm³/mol. The molecule has 1 aromatic carbocycles. The van der Waals surface area contributed by atoms with E-state index in [2.05, 4.69) is 11.1 Å². The third-order valence-electron chi connectivity index (χ3n) is 3.53. The van der Waals surface area contributed by atoms with Gasteiger partial charge in [0.25, 0.3) is 0 Å². The number of aromatic nitrogens is 1. The number of benzene rings is 1. The molecule has 2 aromatic rings. The average molecular weight is 227 g/mol. The first-order valence-corrected chi connectivity index (χ1v) is 5.73. The summed E-state index contributed by atoms with van der Waals surface area (Å²) in [7, 11) is 0. The molecule has 3 nitrogen and oxygen atoms in total. The molecular formula is C14H13NO2. The van der Waals surface area contributed by atoms with Crippen molar-refractivity contribution < 1.29 is 9.90 Å². The molecule has 0 radical (unpaired) electrons. The summed E-state index contributed by atoms with van der Waals surface area (Å²) >= 11 is 0. The van der Waals surface area contributed by atoms with E-state index in [4.69, 9.17) is 0 Å². The van der Waals surface area contributed by atoms with E-state index in [9.17, 15) is 9.90 Å². The molecule has 0 atom stereocenters. The highest BCUT2D eigenvalue weighted by atomic mass is 16.4. The van der Waals surface area contributed by atoms with Crippen molar-refractivity contribution >= 4 is 16.7 Å². The van der Waals surface area contributed by atoms with Gasteiger partial charge in [0.1, 0.15) is 5.41 Å². The first-order valence-electron chi connectivity index (χ1n) is 5.73. The smallest absolute Gasteiger partial charge is 0.315 e. The molecule has 1 saturated carbocycles. The second-order valence-corrected chi connectivity index (χ2v) is 4.77. The van der Waals surface area contributed by atoms with Crippen LogP contribution in [0, 0.1) is 6.92 Å². The normalized spacial score (nSPS) is 17.0. The topological polar surface area (TPSA) is 50.2 Å². The molecule has 0 unspecified atom stereocenters. The summed E-state index contributed by atoms with van der Waals surface area (Å²) in [4.78, 5) is 15.7. The number of hydrogen-bond donors (Lipinski definition) is 1. The maximum absolute atomic E-state index is 11.4. The minimum atomic E-state index is -0.752. The SMILES string of the molecule is Cc1ccc2c(C3(C(=O)O)CC3)nccc2c1. The molecule has 3 heteroatoms. The Morgan fingerprint density at radius 1 is 1.35 bits per heavy atom. The highest BCUT2D eigenvalue weighted by molar-refractivity contribution is 5.93. The maximum atomic E-state index is 11.4. The Kier molecular flexibility index (Phi) is 1.99. The number of aryl methyl sites for hydroxylation is 1. The molecule has 1 aromatic heterocycles. The largest absolute Gasteiger partial charge is 0.481 e. The first-order chi connectivity index (χ1) is 8.13. The zero-order valence-electron chi connectivity index (χ0n) is 9.60. The zero-order chi connectivity index (χ0) is 12.0. The number of pyridine rings is 1. The van der Waals surface area contributed by atoms with E-state index in [1.54, 1.807) is 6.20 Å². The van der Waals surface area contributed by atoms with E-state index in [1.807, 2.05) is 25.1 Å². The Balaban J connectivity index is 2.28. The Bertz CT molecular complexity index is 615. The summed E-state index contributed by atoms with van der Waals surface area (Å²) in [6.07, 6.45) is 3.10. The van der Waals surface area contributed by atoms with Crippen molar-refractivity contribution in [2.24, 2.45) is 0 Å². The third-order valence-corrected chi connectivity index (χ3v) is 3.53. The minimum absolute atomic E-state index is 0.697. The molecule has 0 aliphatic heterocycles. The van der Waals surface area contributed by atoms with Gasteiger partial charge in [0.15, 0.2) is 0 Å². The quantitative estimate of drug-likeness (QED) is 0.858. The second-order valence-electron chi connectivity index (χ2n) is 4.77. The number of carbonyl (C=O) groups is 1. The molecule has 17 heavy (non-hydrogen) atoms. The van der Waals surface area contributed by atoms with Crippen LogP contribution in [0.25, 0.3) is 10.8 Å². The lowest BCUT2D eigenvalue weighted by atomic mass is 9.96. The Morgan fingerprint density at radius 2 is 2.12 bits per heavy atom. The van der Waals surface area contributed by atoms with Crippen LogP contribution < -0.4 is 0 Å². The fourth-order valence-electron chi connectivity index (χ4n) is 2.36. The van der Waals surface area contributed by atoms with Gasteiger partial charge < -0.3 is 5.11 Å². The fourth-order valence-corrected chi connectivity index (χ4v) is 2.36. The van der Waals surface area contributed by atoms with Crippen molar-refractivity contribution in [1.29, 1.82) is 0 Å². The lowest BCUT2D eigenvalue weighted by Crippen LogP contribution is -2.21. The number of carboxylic acids is 1. The number of rotatable bonds is 2. The van der Waals surface area contributed by atoms with Gasteiger partial charge in [-0.15, -0.1) is 0 Å². The molecule has 1 aliphatic carbocycles.